The second-order valence-electron chi connectivity index (χ2n) is 6.60. The third kappa shape index (κ3) is 4.31. The number of hydrogen-bond donors (Lipinski definition) is 2. The van der Waals surface area contributed by atoms with Gasteiger partial charge in [-0.05, 0) is 31.6 Å². The van der Waals surface area contributed by atoms with Gasteiger partial charge in [-0.15, -0.1) is 0 Å². The van der Waals surface area contributed by atoms with E-state index < -0.39 is 0 Å². The second-order valence-corrected chi connectivity index (χ2v) is 6.60. The van der Waals surface area contributed by atoms with Crippen molar-refractivity contribution < 1.29 is 14.7 Å². The fourth-order valence-corrected chi connectivity index (χ4v) is 3.27. The van der Waals surface area contributed by atoms with E-state index >= 15 is 0 Å². The molecule has 1 aromatic heterocycles. The number of aromatic nitrogens is 2. The van der Waals surface area contributed by atoms with E-state index in [1.807, 2.05) is 18.3 Å². The van der Waals surface area contributed by atoms with Crippen molar-refractivity contribution in [1.82, 2.24) is 20.2 Å². The zero-order chi connectivity index (χ0) is 16.2. The largest absolute Gasteiger partial charge is 0.393 e. The molecule has 7 nitrogen and oxygen atoms in total. The normalized spacial score (nSPS) is 26.5. The van der Waals surface area contributed by atoms with E-state index in [-0.39, 0.29) is 24.0 Å². The van der Waals surface area contributed by atoms with E-state index in [2.05, 4.69) is 10.4 Å². The number of hydroxylamine groups is 2. The van der Waals surface area contributed by atoms with Crippen LogP contribution in [0.5, 0.6) is 0 Å². The number of carbonyl (C=O) groups excluding carboxylic acids is 1. The lowest BCUT2D eigenvalue weighted by atomic mass is 9.75. The van der Waals surface area contributed by atoms with E-state index in [1.54, 1.807) is 10.9 Å². The summed E-state index contributed by atoms with van der Waals surface area (Å²) < 4.78 is 1.74. The summed E-state index contributed by atoms with van der Waals surface area (Å²) in [4.78, 5) is 17.8. The molecule has 2 aliphatic rings. The van der Waals surface area contributed by atoms with Crippen LogP contribution in [0, 0.1) is 5.92 Å². The summed E-state index contributed by atoms with van der Waals surface area (Å²) >= 11 is 0. The van der Waals surface area contributed by atoms with Crippen LogP contribution in [0.1, 0.15) is 43.7 Å². The molecular formula is C16H26N4O3. The number of carbonyl (C=O) groups is 1. The van der Waals surface area contributed by atoms with Crippen molar-refractivity contribution in [3.05, 3.63) is 18.0 Å². The highest BCUT2D eigenvalue weighted by molar-refractivity contribution is 5.76. The van der Waals surface area contributed by atoms with Crippen molar-refractivity contribution in [3.63, 3.8) is 0 Å². The number of hydrogen-bond acceptors (Lipinski definition) is 5. The molecule has 0 radical (unpaired) electrons. The van der Waals surface area contributed by atoms with Gasteiger partial charge in [-0.25, -0.2) is 0 Å². The number of aliphatic hydroxyl groups excluding tert-OH is 1. The number of nitrogens with one attached hydrogen (secondary N) is 1. The molecule has 128 valence electrons. The highest BCUT2D eigenvalue weighted by Crippen LogP contribution is 2.37. The smallest absolute Gasteiger partial charge is 0.221 e. The molecular weight excluding hydrogens is 296 g/mol. The Balaban J connectivity index is 1.53. The molecule has 3 rings (SSSR count). The van der Waals surface area contributed by atoms with Gasteiger partial charge in [0.1, 0.15) is 0 Å². The van der Waals surface area contributed by atoms with Crippen molar-refractivity contribution in [2.75, 3.05) is 19.7 Å². The van der Waals surface area contributed by atoms with Crippen LogP contribution < -0.4 is 5.32 Å². The van der Waals surface area contributed by atoms with Crippen LogP contribution in [0.4, 0.5) is 0 Å². The van der Waals surface area contributed by atoms with Gasteiger partial charge in [-0.2, -0.15) is 10.2 Å². The number of rotatable bonds is 6. The molecule has 0 spiro atoms. The molecule has 2 heterocycles. The van der Waals surface area contributed by atoms with E-state index in [4.69, 9.17) is 4.84 Å². The van der Waals surface area contributed by atoms with Crippen LogP contribution in [0.2, 0.25) is 0 Å². The van der Waals surface area contributed by atoms with Gasteiger partial charge < -0.3 is 10.4 Å². The minimum atomic E-state index is -0.238. The van der Waals surface area contributed by atoms with Crippen LogP contribution in [0.3, 0.4) is 0 Å². The Labute approximate surface area is 136 Å². The van der Waals surface area contributed by atoms with Crippen molar-refractivity contribution in [1.29, 1.82) is 0 Å². The van der Waals surface area contributed by atoms with Gasteiger partial charge in [0.2, 0.25) is 5.91 Å². The standard InChI is InChI=1S/C16H26N4O3/c1-19-11-13(10-17-19)16(12-8-14(21)9-12)18-15(22)4-6-20-5-2-3-7-23-20/h10-12,14,16,21H,2-9H2,1H3,(H,18,22)/t12?,14?,16-/m0/s1. The predicted octanol–water partition coefficient (Wildman–Crippen LogP) is 0.766. The zero-order valence-corrected chi connectivity index (χ0v) is 13.6. The third-order valence-electron chi connectivity index (χ3n) is 4.69. The maximum atomic E-state index is 12.3. The first kappa shape index (κ1) is 16.4. The summed E-state index contributed by atoms with van der Waals surface area (Å²) in [5.41, 5.74) is 1.01. The lowest BCUT2D eigenvalue weighted by Crippen LogP contribution is -2.42. The van der Waals surface area contributed by atoms with Gasteiger partial charge in [0.15, 0.2) is 0 Å². The van der Waals surface area contributed by atoms with E-state index in [0.717, 1.165) is 44.4 Å². The van der Waals surface area contributed by atoms with E-state index in [1.165, 1.54) is 0 Å². The maximum absolute atomic E-state index is 12.3. The Morgan fingerprint density at radius 1 is 1.52 bits per heavy atom. The molecule has 1 atom stereocenters. The summed E-state index contributed by atoms with van der Waals surface area (Å²) in [6.07, 6.45) is 7.59. The van der Waals surface area contributed by atoms with Gasteiger partial charge in [-0.1, -0.05) is 0 Å². The topological polar surface area (TPSA) is 79.6 Å². The minimum absolute atomic E-state index is 0.0226. The number of nitrogens with zero attached hydrogens (tertiary/aromatic N) is 3. The fourth-order valence-electron chi connectivity index (χ4n) is 3.27. The molecule has 1 saturated heterocycles. The van der Waals surface area contributed by atoms with Crippen LogP contribution >= 0.6 is 0 Å². The van der Waals surface area contributed by atoms with Gasteiger partial charge >= 0.3 is 0 Å². The molecule has 23 heavy (non-hydrogen) atoms. The Bertz CT molecular complexity index is 521. The first-order valence-electron chi connectivity index (χ1n) is 8.45. The third-order valence-corrected chi connectivity index (χ3v) is 4.69. The number of aryl methyl sites for hydroxylation is 1. The van der Waals surface area contributed by atoms with Crippen LogP contribution in [-0.2, 0) is 16.7 Å². The highest BCUT2D eigenvalue weighted by Gasteiger charge is 2.36. The van der Waals surface area contributed by atoms with Gasteiger partial charge in [0.25, 0.3) is 0 Å². The molecule has 0 unspecified atom stereocenters. The molecule has 0 aromatic carbocycles. The van der Waals surface area contributed by atoms with E-state index in [0.29, 0.717) is 13.0 Å². The monoisotopic (exact) mass is 322 g/mol. The molecule has 1 aliphatic carbocycles. The molecule has 1 aromatic rings. The number of amides is 1. The minimum Gasteiger partial charge on any atom is -0.393 e. The van der Waals surface area contributed by atoms with E-state index in [9.17, 15) is 9.90 Å². The Morgan fingerprint density at radius 2 is 2.35 bits per heavy atom. The van der Waals surface area contributed by atoms with Crippen molar-refractivity contribution in [3.8, 4) is 0 Å². The zero-order valence-electron chi connectivity index (χ0n) is 13.6. The summed E-state index contributed by atoms with van der Waals surface area (Å²) in [7, 11) is 1.87. The predicted molar refractivity (Wildman–Crippen MR) is 84.2 cm³/mol. The molecule has 0 bridgehead atoms. The van der Waals surface area contributed by atoms with Crippen LogP contribution in [-0.4, -0.2) is 51.7 Å². The Morgan fingerprint density at radius 3 is 2.96 bits per heavy atom. The lowest BCUT2D eigenvalue weighted by Gasteiger charge is -2.37. The lowest BCUT2D eigenvalue weighted by molar-refractivity contribution is -0.181. The SMILES string of the molecule is Cn1cc([C@@H](NC(=O)CCN2CCCCO2)C2CC(O)C2)cn1. The second kappa shape index (κ2) is 7.42. The van der Waals surface area contributed by atoms with Crippen molar-refractivity contribution in [2.45, 2.75) is 44.2 Å². The van der Waals surface area contributed by atoms with Crippen molar-refractivity contribution >= 4 is 5.91 Å². The van der Waals surface area contributed by atoms with Gasteiger partial charge in [-0.3, -0.25) is 14.3 Å². The molecule has 1 saturated carbocycles. The summed E-state index contributed by atoms with van der Waals surface area (Å²) in [6.45, 7) is 2.27. The number of aliphatic hydroxyl groups is 1. The summed E-state index contributed by atoms with van der Waals surface area (Å²) in [6, 6.07) is -0.0677. The molecule has 1 aliphatic heterocycles. The molecule has 2 N–H and O–H groups in total. The van der Waals surface area contributed by atoms with Gasteiger partial charge in [0.05, 0.1) is 24.9 Å². The molecule has 7 heteroatoms. The fraction of sp³-hybridized carbons (Fsp3) is 0.750. The van der Waals surface area contributed by atoms with Crippen LogP contribution in [0.15, 0.2) is 12.4 Å². The average Bonchev–Trinajstić information content (AvgIpc) is 2.95. The average molecular weight is 322 g/mol. The summed E-state index contributed by atoms with van der Waals surface area (Å²) in [5.74, 6) is 0.304. The van der Waals surface area contributed by atoms with Crippen LogP contribution in [0.25, 0.3) is 0 Å². The highest BCUT2D eigenvalue weighted by atomic mass is 16.7. The first-order valence-corrected chi connectivity index (χ1v) is 8.45. The van der Waals surface area contributed by atoms with Gasteiger partial charge in [0, 0.05) is 38.3 Å². The summed E-state index contributed by atoms with van der Waals surface area (Å²) in [5, 5.41) is 18.8. The molecule has 1 amide bonds. The Kier molecular flexibility index (Phi) is 5.30. The maximum Gasteiger partial charge on any atom is 0.221 e. The first-order chi connectivity index (χ1) is 11.1. The van der Waals surface area contributed by atoms with Crippen molar-refractivity contribution in [2.24, 2.45) is 13.0 Å². The quantitative estimate of drug-likeness (QED) is 0.808. The molecule has 2 fully saturated rings. The Hall–Kier alpha value is -1.44.